The lowest BCUT2D eigenvalue weighted by molar-refractivity contribution is 0.415. The van der Waals surface area contributed by atoms with E-state index >= 15 is 0 Å². The quantitative estimate of drug-likeness (QED) is 0.795. The van der Waals surface area contributed by atoms with Gasteiger partial charge < -0.3 is 4.74 Å². The van der Waals surface area contributed by atoms with Crippen molar-refractivity contribution in [1.29, 1.82) is 0 Å². The third-order valence-corrected chi connectivity index (χ3v) is 2.75. The zero-order valence-electron chi connectivity index (χ0n) is 8.45. The van der Waals surface area contributed by atoms with Crippen LogP contribution in [0.25, 0.3) is 11.3 Å². The third kappa shape index (κ3) is 2.33. The fraction of sp³-hybridized carbons (Fsp3) is 0.0909. The average Bonchev–Trinajstić information content (AvgIpc) is 2.29. The molecule has 3 nitrogen and oxygen atoms in total. The molecule has 16 heavy (non-hydrogen) atoms. The molecule has 0 spiro atoms. The van der Waals surface area contributed by atoms with Gasteiger partial charge in [-0.3, -0.25) is 0 Å². The van der Waals surface area contributed by atoms with Crippen molar-refractivity contribution in [2.24, 2.45) is 0 Å². The predicted octanol–water partition coefficient (Wildman–Crippen LogP) is 3.57. The topological polar surface area (TPSA) is 35.0 Å². The standard InChI is InChI=1S/C11H8BrClN2O/c1-16-10-3-2-7(6-8(10)13)9-4-5-14-11(12)15-9/h2-6H,1H3. The van der Waals surface area contributed by atoms with E-state index < -0.39 is 0 Å². The fourth-order valence-electron chi connectivity index (χ4n) is 1.32. The first-order valence-electron chi connectivity index (χ1n) is 4.53. The van der Waals surface area contributed by atoms with Crippen LogP contribution in [0.2, 0.25) is 5.02 Å². The first kappa shape index (κ1) is 11.4. The van der Waals surface area contributed by atoms with Crippen LogP contribution in [0.5, 0.6) is 5.75 Å². The largest absolute Gasteiger partial charge is 0.495 e. The second-order valence-electron chi connectivity index (χ2n) is 3.06. The van der Waals surface area contributed by atoms with Gasteiger partial charge in [-0.15, -0.1) is 0 Å². The smallest absolute Gasteiger partial charge is 0.197 e. The van der Waals surface area contributed by atoms with Gasteiger partial charge in [0.2, 0.25) is 0 Å². The van der Waals surface area contributed by atoms with Crippen molar-refractivity contribution in [3.05, 3.63) is 40.2 Å². The molecule has 5 heteroatoms. The Morgan fingerprint density at radius 3 is 2.75 bits per heavy atom. The molecule has 1 aromatic carbocycles. The van der Waals surface area contributed by atoms with E-state index in [1.54, 1.807) is 13.3 Å². The highest BCUT2D eigenvalue weighted by Gasteiger charge is 2.05. The van der Waals surface area contributed by atoms with Crippen LogP contribution in [0.1, 0.15) is 0 Å². The lowest BCUT2D eigenvalue weighted by Gasteiger charge is -2.05. The van der Waals surface area contributed by atoms with Crippen LogP contribution in [0.15, 0.2) is 35.2 Å². The van der Waals surface area contributed by atoms with Crippen molar-refractivity contribution in [2.75, 3.05) is 7.11 Å². The van der Waals surface area contributed by atoms with E-state index in [9.17, 15) is 0 Å². The lowest BCUT2D eigenvalue weighted by atomic mass is 10.1. The van der Waals surface area contributed by atoms with Crippen molar-refractivity contribution in [3.63, 3.8) is 0 Å². The summed E-state index contributed by atoms with van der Waals surface area (Å²) in [7, 11) is 1.59. The molecule has 0 aliphatic rings. The molecule has 0 fully saturated rings. The van der Waals surface area contributed by atoms with E-state index in [2.05, 4.69) is 25.9 Å². The van der Waals surface area contributed by atoms with Gasteiger partial charge in [-0.25, -0.2) is 9.97 Å². The Morgan fingerprint density at radius 1 is 1.31 bits per heavy atom. The number of benzene rings is 1. The molecular weight excluding hydrogens is 291 g/mol. The van der Waals surface area contributed by atoms with Crippen LogP contribution in [-0.2, 0) is 0 Å². The minimum absolute atomic E-state index is 0.553. The highest BCUT2D eigenvalue weighted by Crippen LogP contribution is 2.29. The third-order valence-electron chi connectivity index (χ3n) is 2.07. The molecule has 2 rings (SSSR count). The van der Waals surface area contributed by atoms with E-state index in [1.807, 2.05) is 24.3 Å². The van der Waals surface area contributed by atoms with Gasteiger partial charge in [-0.05, 0) is 40.2 Å². The van der Waals surface area contributed by atoms with E-state index in [0.29, 0.717) is 15.5 Å². The summed E-state index contributed by atoms with van der Waals surface area (Å²) < 4.78 is 5.64. The van der Waals surface area contributed by atoms with Crippen molar-refractivity contribution >= 4 is 27.5 Å². The molecular formula is C11H8BrClN2O. The molecule has 0 aliphatic carbocycles. The number of nitrogens with zero attached hydrogens (tertiary/aromatic N) is 2. The summed E-state index contributed by atoms with van der Waals surface area (Å²) in [5.74, 6) is 0.651. The zero-order chi connectivity index (χ0) is 11.5. The van der Waals surface area contributed by atoms with Gasteiger partial charge in [0.1, 0.15) is 5.75 Å². The molecule has 2 aromatic rings. The Labute approximate surface area is 107 Å². The molecule has 0 bridgehead atoms. The SMILES string of the molecule is COc1ccc(-c2ccnc(Br)n2)cc1Cl. The number of halogens is 2. The van der Waals surface area contributed by atoms with Gasteiger partial charge in [0, 0.05) is 11.8 Å². The molecule has 82 valence electrons. The number of hydrogen-bond acceptors (Lipinski definition) is 3. The van der Waals surface area contributed by atoms with E-state index in [0.717, 1.165) is 11.3 Å². The number of aromatic nitrogens is 2. The van der Waals surface area contributed by atoms with Crippen LogP contribution in [0.3, 0.4) is 0 Å². The monoisotopic (exact) mass is 298 g/mol. The van der Waals surface area contributed by atoms with E-state index in [-0.39, 0.29) is 0 Å². The van der Waals surface area contributed by atoms with Crippen LogP contribution in [-0.4, -0.2) is 17.1 Å². The Kier molecular flexibility index (Phi) is 3.41. The molecule has 0 amide bonds. The molecule has 0 atom stereocenters. The molecule has 0 saturated heterocycles. The van der Waals surface area contributed by atoms with Gasteiger partial charge >= 0.3 is 0 Å². The minimum Gasteiger partial charge on any atom is -0.495 e. The molecule has 0 radical (unpaired) electrons. The molecule has 1 heterocycles. The maximum atomic E-state index is 6.04. The second kappa shape index (κ2) is 4.80. The number of hydrogen-bond donors (Lipinski definition) is 0. The van der Waals surface area contributed by atoms with Gasteiger partial charge in [0.05, 0.1) is 17.8 Å². The molecule has 0 aliphatic heterocycles. The summed E-state index contributed by atoms with van der Waals surface area (Å²) in [5, 5.41) is 0.565. The van der Waals surface area contributed by atoms with Gasteiger partial charge in [0.25, 0.3) is 0 Å². The summed E-state index contributed by atoms with van der Waals surface area (Å²) in [6.45, 7) is 0. The highest BCUT2D eigenvalue weighted by atomic mass is 79.9. The van der Waals surface area contributed by atoms with Crippen LogP contribution < -0.4 is 4.74 Å². The fourth-order valence-corrected chi connectivity index (χ4v) is 1.89. The minimum atomic E-state index is 0.553. The summed E-state index contributed by atoms with van der Waals surface area (Å²) in [6, 6.07) is 7.35. The van der Waals surface area contributed by atoms with Crippen molar-refractivity contribution < 1.29 is 4.74 Å². The predicted molar refractivity (Wildman–Crippen MR) is 66.7 cm³/mol. The summed E-state index contributed by atoms with van der Waals surface area (Å²) in [6.07, 6.45) is 1.69. The summed E-state index contributed by atoms with van der Waals surface area (Å²) in [5.41, 5.74) is 1.74. The van der Waals surface area contributed by atoms with E-state index in [1.165, 1.54) is 0 Å². The lowest BCUT2D eigenvalue weighted by Crippen LogP contribution is -1.88. The summed E-state index contributed by atoms with van der Waals surface area (Å²) >= 11 is 9.27. The Hall–Kier alpha value is -1.13. The molecule has 0 saturated carbocycles. The first-order valence-corrected chi connectivity index (χ1v) is 5.70. The van der Waals surface area contributed by atoms with Crippen LogP contribution in [0.4, 0.5) is 0 Å². The maximum Gasteiger partial charge on any atom is 0.197 e. The van der Waals surface area contributed by atoms with Crippen molar-refractivity contribution in [2.45, 2.75) is 0 Å². The number of methoxy groups -OCH3 is 1. The van der Waals surface area contributed by atoms with Gasteiger partial charge in [-0.2, -0.15) is 0 Å². The molecule has 1 aromatic heterocycles. The average molecular weight is 300 g/mol. The Bertz CT molecular complexity index is 519. The Morgan fingerprint density at radius 2 is 2.12 bits per heavy atom. The van der Waals surface area contributed by atoms with Gasteiger partial charge in [0.15, 0.2) is 4.73 Å². The number of rotatable bonds is 2. The molecule has 0 N–H and O–H groups in total. The second-order valence-corrected chi connectivity index (χ2v) is 4.18. The maximum absolute atomic E-state index is 6.04. The Balaban J connectivity index is 2.45. The van der Waals surface area contributed by atoms with E-state index in [4.69, 9.17) is 16.3 Å². The first-order chi connectivity index (χ1) is 7.70. The van der Waals surface area contributed by atoms with Crippen LogP contribution in [0, 0.1) is 0 Å². The highest BCUT2D eigenvalue weighted by molar-refractivity contribution is 9.10. The van der Waals surface area contributed by atoms with Crippen LogP contribution >= 0.6 is 27.5 Å². The van der Waals surface area contributed by atoms with Gasteiger partial charge in [-0.1, -0.05) is 11.6 Å². The number of ether oxygens (including phenoxy) is 1. The molecule has 0 unspecified atom stereocenters. The zero-order valence-corrected chi connectivity index (χ0v) is 10.8. The van der Waals surface area contributed by atoms with Crippen molar-refractivity contribution in [1.82, 2.24) is 9.97 Å². The van der Waals surface area contributed by atoms with Crippen molar-refractivity contribution in [3.8, 4) is 17.0 Å². The summed E-state index contributed by atoms with van der Waals surface area (Å²) in [4.78, 5) is 8.22. The normalized spacial score (nSPS) is 10.2.